The van der Waals surface area contributed by atoms with Crippen LogP contribution in [0.1, 0.15) is 32.1 Å². The molecule has 2 rings (SSSR count). The normalized spacial score (nSPS) is 39.4. The van der Waals surface area contributed by atoms with Crippen LogP contribution in [0.15, 0.2) is 0 Å². The first kappa shape index (κ1) is 12.8. The minimum atomic E-state index is -0.818. The number of likely N-dealkylation sites (tertiary alicyclic amines) is 1. The molecule has 4 unspecified atom stereocenters. The van der Waals surface area contributed by atoms with Crippen LogP contribution in [0.25, 0.3) is 0 Å². The van der Waals surface area contributed by atoms with Crippen molar-refractivity contribution in [2.75, 3.05) is 13.7 Å². The van der Waals surface area contributed by atoms with Crippen molar-refractivity contribution in [1.82, 2.24) is 4.90 Å². The van der Waals surface area contributed by atoms with Crippen LogP contribution in [0.3, 0.4) is 0 Å². The number of rotatable bonds is 3. The van der Waals surface area contributed by atoms with Crippen molar-refractivity contribution < 1.29 is 19.7 Å². The summed E-state index contributed by atoms with van der Waals surface area (Å²) in [6, 6.07) is -0.280. The summed E-state index contributed by atoms with van der Waals surface area (Å²) in [5, 5.41) is 18.8. The maximum atomic E-state index is 11.2. The van der Waals surface area contributed by atoms with Crippen LogP contribution in [0.2, 0.25) is 0 Å². The number of carboxylic acid groups (broad SMARTS) is 1. The molecule has 0 amide bonds. The van der Waals surface area contributed by atoms with E-state index in [2.05, 4.69) is 0 Å². The molecule has 98 valence electrons. The number of hydrogen-bond donors (Lipinski definition) is 2. The number of nitrogens with zero attached hydrogens (tertiary/aromatic N) is 1. The molecule has 2 fully saturated rings. The Morgan fingerprint density at radius 3 is 2.76 bits per heavy atom. The number of ether oxygens (including phenoxy) is 1. The first-order chi connectivity index (χ1) is 8.11. The first-order valence-corrected chi connectivity index (χ1v) is 6.31. The van der Waals surface area contributed by atoms with Gasteiger partial charge in [-0.15, -0.1) is 0 Å². The summed E-state index contributed by atoms with van der Waals surface area (Å²) in [6.45, 7) is 0.484. The van der Waals surface area contributed by atoms with Crippen LogP contribution in [-0.4, -0.2) is 59.0 Å². The summed E-state index contributed by atoms with van der Waals surface area (Å²) in [5.41, 5.74) is 0. The van der Waals surface area contributed by atoms with Crippen molar-refractivity contribution in [3.05, 3.63) is 0 Å². The van der Waals surface area contributed by atoms with Gasteiger partial charge in [0.1, 0.15) is 6.04 Å². The number of aliphatic hydroxyl groups excluding tert-OH is 1. The zero-order valence-electron chi connectivity index (χ0n) is 10.2. The lowest BCUT2D eigenvalue weighted by molar-refractivity contribution is -0.143. The van der Waals surface area contributed by atoms with Crippen LogP contribution in [-0.2, 0) is 9.53 Å². The molecular weight excluding hydrogens is 222 g/mol. The molecule has 0 radical (unpaired) electrons. The lowest BCUT2D eigenvalue weighted by Gasteiger charge is -2.36. The molecule has 1 saturated heterocycles. The number of aliphatic carboxylic acids is 1. The number of carbonyl (C=O) groups is 1. The number of methoxy groups -OCH3 is 1. The monoisotopic (exact) mass is 243 g/mol. The average molecular weight is 243 g/mol. The number of carboxylic acids is 1. The quantitative estimate of drug-likeness (QED) is 0.753. The smallest absolute Gasteiger partial charge is 0.321 e. The van der Waals surface area contributed by atoms with E-state index in [1.165, 1.54) is 0 Å². The zero-order valence-corrected chi connectivity index (χ0v) is 10.2. The largest absolute Gasteiger partial charge is 0.480 e. The molecule has 1 aliphatic carbocycles. The lowest BCUT2D eigenvalue weighted by atomic mass is 9.91. The van der Waals surface area contributed by atoms with Crippen LogP contribution in [0.4, 0.5) is 0 Å². The molecule has 4 atom stereocenters. The van der Waals surface area contributed by atoms with Crippen molar-refractivity contribution >= 4 is 5.97 Å². The van der Waals surface area contributed by atoms with Crippen LogP contribution in [0, 0.1) is 0 Å². The molecular formula is C12H21NO4. The Morgan fingerprint density at radius 2 is 2.12 bits per heavy atom. The van der Waals surface area contributed by atoms with Gasteiger partial charge < -0.3 is 14.9 Å². The second-order valence-corrected chi connectivity index (χ2v) is 5.12. The molecule has 0 spiro atoms. The second kappa shape index (κ2) is 5.33. The van der Waals surface area contributed by atoms with E-state index in [1.807, 2.05) is 4.90 Å². The zero-order chi connectivity index (χ0) is 12.4. The Balaban J connectivity index is 2.02. The van der Waals surface area contributed by atoms with E-state index in [1.54, 1.807) is 7.11 Å². The van der Waals surface area contributed by atoms with Crippen LogP contribution < -0.4 is 0 Å². The van der Waals surface area contributed by atoms with Gasteiger partial charge in [0.05, 0.1) is 12.2 Å². The molecule has 2 N–H and O–H groups in total. The van der Waals surface area contributed by atoms with E-state index < -0.39 is 18.1 Å². The van der Waals surface area contributed by atoms with Gasteiger partial charge >= 0.3 is 5.97 Å². The van der Waals surface area contributed by atoms with E-state index in [0.717, 1.165) is 25.7 Å². The van der Waals surface area contributed by atoms with Gasteiger partial charge in [0, 0.05) is 26.1 Å². The van der Waals surface area contributed by atoms with Gasteiger partial charge in [-0.3, -0.25) is 9.69 Å². The molecule has 0 aromatic rings. The molecule has 1 heterocycles. The van der Waals surface area contributed by atoms with E-state index in [4.69, 9.17) is 4.74 Å². The van der Waals surface area contributed by atoms with Gasteiger partial charge in [-0.2, -0.15) is 0 Å². The summed E-state index contributed by atoms with van der Waals surface area (Å²) >= 11 is 0. The SMILES string of the molecule is COC1CCCC(N2CC(O)CC2C(=O)O)C1. The van der Waals surface area contributed by atoms with E-state index >= 15 is 0 Å². The molecule has 0 aromatic heterocycles. The predicted octanol–water partition coefficient (Wildman–Crippen LogP) is 0.464. The van der Waals surface area contributed by atoms with Gasteiger partial charge in [0.2, 0.25) is 0 Å². The highest BCUT2D eigenvalue weighted by atomic mass is 16.5. The van der Waals surface area contributed by atoms with Gasteiger partial charge in [-0.25, -0.2) is 0 Å². The summed E-state index contributed by atoms with van der Waals surface area (Å²) in [7, 11) is 1.71. The van der Waals surface area contributed by atoms with E-state index in [9.17, 15) is 15.0 Å². The molecule has 17 heavy (non-hydrogen) atoms. The fourth-order valence-electron chi connectivity index (χ4n) is 3.12. The van der Waals surface area contributed by atoms with Crippen molar-refractivity contribution in [2.45, 2.75) is 56.4 Å². The number of β-amino-alcohol motifs (C(OH)–C–C–N with tert-alkyl or cyclic N) is 1. The summed E-state index contributed by atoms with van der Waals surface area (Å²) < 4.78 is 5.37. The fourth-order valence-corrected chi connectivity index (χ4v) is 3.12. The Bertz CT molecular complexity index is 284. The third kappa shape index (κ3) is 2.78. The topological polar surface area (TPSA) is 70.0 Å². The Morgan fingerprint density at radius 1 is 1.35 bits per heavy atom. The third-order valence-electron chi connectivity index (χ3n) is 4.00. The molecule has 5 nitrogen and oxygen atoms in total. The Kier molecular flexibility index (Phi) is 4.01. The second-order valence-electron chi connectivity index (χ2n) is 5.12. The lowest BCUT2D eigenvalue weighted by Crippen LogP contribution is -2.46. The summed E-state index contributed by atoms with van der Waals surface area (Å²) in [6.07, 6.45) is 4.11. The maximum Gasteiger partial charge on any atom is 0.321 e. The van der Waals surface area contributed by atoms with E-state index in [-0.39, 0.29) is 12.1 Å². The highest BCUT2D eigenvalue weighted by Gasteiger charge is 2.41. The standard InChI is InChI=1S/C12H21NO4/c1-17-10-4-2-3-8(5-10)13-7-9(14)6-11(13)12(15)16/h8-11,14H,2-7H2,1H3,(H,15,16). The molecule has 1 aliphatic heterocycles. The Labute approximate surface area is 101 Å². The molecule has 0 aromatic carbocycles. The minimum Gasteiger partial charge on any atom is -0.480 e. The van der Waals surface area contributed by atoms with Gasteiger partial charge in [-0.05, 0) is 25.7 Å². The first-order valence-electron chi connectivity index (χ1n) is 6.31. The highest BCUT2D eigenvalue weighted by Crippen LogP contribution is 2.30. The van der Waals surface area contributed by atoms with Gasteiger partial charge in [-0.1, -0.05) is 0 Å². The average Bonchev–Trinajstić information content (AvgIpc) is 2.72. The molecule has 5 heteroatoms. The maximum absolute atomic E-state index is 11.2. The van der Waals surface area contributed by atoms with Gasteiger partial charge in [0.15, 0.2) is 0 Å². The predicted molar refractivity (Wildman–Crippen MR) is 61.8 cm³/mol. The third-order valence-corrected chi connectivity index (χ3v) is 4.00. The van der Waals surface area contributed by atoms with Crippen molar-refractivity contribution in [2.24, 2.45) is 0 Å². The van der Waals surface area contributed by atoms with Crippen molar-refractivity contribution in [1.29, 1.82) is 0 Å². The number of hydrogen-bond acceptors (Lipinski definition) is 4. The van der Waals surface area contributed by atoms with Gasteiger partial charge in [0.25, 0.3) is 0 Å². The number of aliphatic hydroxyl groups is 1. The van der Waals surface area contributed by atoms with Crippen molar-refractivity contribution in [3.8, 4) is 0 Å². The molecule has 1 saturated carbocycles. The van der Waals surface area contributed by atoms with E-state index in [0.29, 0.717) is 13.0 Å². The Hall–Kier alpha value is -0.650. The van der Waals surface area contributed by atoms with Crippen LogP contribution >= 0.6 is 0 Å². The van der Waals surface area contributed by atoms with Crippen molar-refractivity contribution in [3.63, 3.8) is 0 Å². The van der Waals surface area contributed by atoms with Crippen LogP contribution in [0.5, 0.6) is 0 Å². The summed E-state index contributed by atoms with van der Waals surface area (Å²) in [5.74, 6) is -0.818. The minimum absolute atomic E-state index is 0.237. The highest BCUT2D eigenvalue weighted by molar-refractivity contribution is 5.74. The molecule has 2 aliphatic rings. The summed E-state index contributed by atoms with van der Waals surface area (Å²) in [4.78, 5) is 13.1. The fraction of sp³-hybridized carbons (Fsp3) is 0.917. The molecule has 0 bridgehead atoms.